The van der Waals surface area contributed by atoms with Gasteiger partial charge in [-0.2, -0.15) is 0 Å². The van der Waals surface area contributed by atoms with Gasteiger partial charge in [-0.25, -0.2) is 0 Å². The molecule has 0 saturated carbocycles. The molecular formula is C11H21NO2. The lowest BCUT2D eigenvalue weighted by Crippen LogP contribution is -2.36. The summed E-state index contributed by atoms with van der Waals surface area (Å²) < 4.78 is 4.71. The number of carbonyl (C=O) groups is 1. The molecule has 14 heavy (non-hydrogen) atoms. The van der Waals surface area contributed by atoms with E-state index in [1.165, 1.54) is 20.0 Å². The summed E-state index contributed by atoms with van der Waals surface area (Å²) in [4.78, 5) is 11.2. The lowest BCUT2D eigenvalue weighted by Gasteiger charge is -2.13. The summed E-state index contributed by atoms with van der Waals surface area (Å²) in [6.07, 6.45) is 4.43. The Morgan fingerprint density at radius 1 is 1.50 bits per heavy atom. The molecule has 0 aromatic rings. The highest BCUT2D eigenvalue weighted by molar-refractivity contribution is 5.76. The molecule has 3 heteroatoms. The van der Waals surface area contributed by atoms with Gasteiger partial charge in [-0.3, -0.25) is 4.79 Å². The zero-order chi connectivity index (χ0) is 10.6. The van der Waals surface area contributed by atoms with Gasteiger partial charge in [0, 0.05) is 6.04 Å². The molecule has 0 bridgehead atoms. The van der Waals surface area contributed by atoms with Crippen LogP contribution in [0.15, 0.2) is 0 Å². The second-order valence-electron chi connectivity index (χ2n) is 4.49. The SMILES string of the molecule is COC(=O)C1CCC(CCC(C)C)N1. The number of methoxy groups -OCH3 is 1. The Balaban J connectivity index is 2.23. The highest BCUT2D eigenvalue weighted by atomic mass is 16.5. The predicted octanol–water partition coefficient (Wildman–Crippen LogP) is 1.72. The molecule has 1 N–H and O–H groups in total. The first-order valence-electron chi connectivity index (χ1n) is 5.47. The number of nitrogens with one attached hydrogen (secondary N) is 1. The van der Waals surface area contributed by atoms with E-state index in [-0.39, 0.29) is 12.0 Å². The lowest BCUT2D eigenvalue weighted by molar-refractivity contribution is -0.142. The maximum absolute atomic E-state index is 11.2. The number of carbonyl (C=O) groups excluding carboxylic acids is 1. The standard InChI is InChI=1S/C11H21NO2/c1-8(2)4-5-9-6-7-10(12-9)11(13)14-3/h8-10,12H,4-7H2,1-3H3. The zero-order valence-electron chi connectivity index (χ0n) is 9.38. The van der Waals surface area contributed by atoms with Crippen LogP contribution in [0, 0.1) is 5.92 Å². The molecule has 0 aromatic heterocycles. The average Bonchev–Trinajstić information content (AvgIpc) is 2.62. The first-order valence-corrected chi connectivity index (χ1v) is 5.47. The van der Waals surface area contributed by atoms with Crippen molar-refractivity contribution in [1.82, 2.24) is 5.32 Å². The van der Waals surface area contributed by atoms with E-state index in [2.05, 4.69) is 19.2 Å². The van der Waals surface area contributed by atoms with Gasteiger partial charge in [0.1, 0.15) is 6.04 Å². The Morgan fingerprint density at radius 2 is 2.21 bits per heavy atom. The average molecular weight is 199 g/mol. The van der Waals surface area contributed by atoms with Gasteiger partial charge in [-0.1, -0.05) is 13.8 Å². The van der Waals surface area contributed by atoms with E-state index in [1.807, 2.05) is 0 Å². The summed E-state index contributed by atoms with van der Waals surface area (Å²) >= 11 is 0. The Morgan fingerprint density at radius 3 is 2.79 bits per heavy atom. The topological polar surface area (TPSA) is 38.3 Å². The zero-order valence-corrected chi connectivity index (χ0v) is 9.38. The van der Waals surface area contributed by atoms with Gasteiger partial charge in [0.15, 0.2) is 0 Å². The van der Waals surface area contributed by atoms with Crippen molar-refractivity contribution >= 4 is 5.97 Å². The minimum atomic E-state index is -0.114. The Kier molecular flexibility index (Phi) is 4.39. The number of hydrogen-bond donors (Lipinski definition) is 1. The van der Waals surface area contributed by atoms with Crippen LogP contribution in [0.3, 0.4) is 0 Å². The van der Waals surface area contributed by atoms with Gasteiger partial charge in [0.05, 0.1) is 7.11 Å². The van der Waals surface area contributed by atoms with E-state index >= 15 is 0 Å². The third-order valence-corrected chi connectivity index (χ3v) is 2.82. The summed E-state index contributed by atoms with van der Waals surface area (Å²) in [6.45, 7) is 4.46. The van der Waals surface area contributed by atoms with Gasteiger partial charge in [-0.05, 0) is 31.6 Å². The fourth-order valence-electron chi connectivity index (χ4n) is 1.91. The van der Waals surface area contributed by atoms with E-state index in [0.717, 1.165) is 18.8 Å². The Bertz CT molecular complexity index is 192. The predicted molar refractivity (Wildman–Crippen MR) is 56.0 cm³/mol. The molecule has 0 aliphatic carbocycles. The van der Waals surface area contributed by atoms with Crippen LogP contribution in [-0.2, 0) is 9.53 Å². The van der Waals surface area contributed by atoms with Crippen molar-refractivity contribution in [1.29, 1.82) is 0 Å². The van der Waals surface area contributed by atoms with Crippen LogP contribution in [0.25, 0.3) is 0 Å². The molecule has 1 aliphatic heterocycles. The molecule has 1 saturated heterocycles. The van der Waals surface area contributed by atoms with Crippen molar-refractivity contribution in [3.63, 3.8) is 0 Å². The van der Waals surface area contributed by atoms with Crippen molar-refractivity contribution in [3.05, 3.63) is 0 Å². The summed E-state index contributed by atoms with van der Waals surface area (Å²) in [7, 11) is 1.45. The molecule has 0 amide bonds. The number of hydrogen-bond acceptors (Lipinski definition) is 3. The van der Waals surface area contributed by atoms with Crippen molar-refractivity contribution in [2.75, 3.05) is 7.11 Å². The highest BCUT2D eigenvalue weighted by Gasteiger charge is 2.29. The highest BCUT2D eigenvalue weighted by Crippen LogP contribution is 2.19. The van der Waals surface area contributed by atoms with Crippen LogP contribution in [0.2, 0.25) is 0 Å². The first-order chi connectivity index (χ1) is 6.63. The van der Waals surface area contributed by atoms with Gasteiger partial charge in [0.2, 0.25) is 0 Å². The monoisotopic (exact) mass is 199 g/mol. The van der Waals surface area contributed by atoms with E-state index < -0.39 is 0 Å². The largest absolute Gasteiger partial charge is 0.468 e. The summed E-state index contributed by atoms with van der Waals surface area (Å²) in [5, 5.41) is 3.32. The van der Waals surface area contributed by atoms with Crippen LogP contribution >= 0.6 is 0 Å². The van der Waals surface area contributed by atoms with E-state index in [1.54, 1.807) is 0 Å². The Labute approximate surface area is 86.2 Å². The molecule has 1 rings (SSSR count). The summed E-state index contributed by atoms with van der Waals surface area (Å²) in [5.74, 6) is 0.631. The van der Waals surface area contributed by atoms with Crippen LogP contribution in [-0.4, -0.2) is 25.2 Å². The molecule has 1 aliphatic rings. The molecular weight excluding hydrogens is 178 g/mol. The van der Waals surface area contributed by atoms with Crippen LogP contribution in [0.4, 0.5) is 0 Å². The van der Waals surface area contributed by atoms with E-state index in [0.29, 0.717) is 6.04 Å². The molecule has 0 spiro atoms. The third kappa shape index (κ3) is 3.29. The van der Waals surface area contributed by atoms with Gasteiger partial charge < -0.3 is 10.1 Å². The molecule has 0 aromatic carbocycles. The third-order valence-electron chi connectivity index (χ3n) is 2.82. The van der Waals surface area contributed by atoms with E-state index in [9.17, 15) is 4.79 Å². The van der Waals surface area contributed by atoms with Crippen molar-refractivity contribution in [2.24, 2.45) is 5.92 Å². The summed E-state index contributed by atoms with van der Waals surface area (Å²) in [6, 6.07) is 0.457. The quantitative estimate of drug-likeness (QED) is 0.701. The fraction of sp³-hybridized carbons (Fsp3) is 0.909. The number of esters is 1. The van der Waals surface area contributed by atoms with Crippen molar-refractivity contribution in [3.8, 4) is 0 Å². The van der Waals surface area contributed by atoms with Crippen LogP contribution in [0.5, 0.6) is 0 Å². The van der Waals surface area contributed by atoms with Gasteiger partial charge in [0.25, 0.3) is 0 Å². The molecule has 1 fully saturated rings. The normalized spacial score (nSPS) is 26.9. The lowest BCUT2D eigenvalue weighted by atomic mass is 10.0. The number of rotatable bonds is 4. The van der Waals surface area contributed by atoms with Gasteiger partial charge in [-0.15, -0.1) is 0 Å². The molecule has 1 heterocycles. The maximum atomic E-state index is 11.2. The van der Waals surface area contributed by atoms with Crippen molar-refractivity contribution in [2.45, 2.75) is 51.6 Å². The van der Waals surface area contributed by atoms with Crippen LogP contribution < -0.4 is 5.32 Å². The first kappa shape index (κ1) is 11.5. The number of ether oxygens (including phenoxy) is 1. The molecule has 3 nitrogen and oxygen atoms in total. The fourth-order valence-corrected chi connectivity index (χ4v) is 1.91. The smallest absolute Gasteiger partial charge is 0.322 e. The minimum Gasteiger partial charge on any atom is -0.468 e. The van der Waals surface area contributed by atoms with E-state index in [4.69, 9.17) is 4.74 Å². The van der Waals surface area contributed by atoms with Crippen molar-refractivity contribution < 1.29 is 9.53 Å². The Hall–Kier alpha value is -0.570. The summed E-state index contributed by atoms with van der Waals surface area (Å²) in [5.41, 5.74) is 0. The van der Waals surface area contributed by atoms with Gasteiger partial charge >= 0.3 is 5.97 Å². The molecule has 82 valence electrons. The van der Waals surface area contributed by atoms with Crippen LogP contribution in [0.1, 0.15) is 39.5 Å². The second kappa shape index (κ2) is 5.35. The maximum Gasteiger partial charge on any atom is 0.322 e. The molecule has 0 radical (unpaired) electrons. The molecule has 2 atom stereocenters. The minimum absolute atomic E-state index is 0.0582. The molecule has 2 unspecified atom stereocenters. The second-order valence-corrected chi connectivity index (χ2v) is 4.49.